The van der Waals surface area contributed by atoms with Crippen molar-refractivity contribution < 1.29 is 14.6 Å². The molecule has 0 aliphatic carbocycles. The van der Waals surface area contributed by atoms with Crippen LogP contribution in [0.4, 0.5) is 0 Å². The van der Waals surface area contributed by atoms with E-state index in [1.54, 1.807) is 48.5 Å². The van der Waals surface area contributed by atoms with Crippen molar-refractivity contribution in [3.05, 3.63) is 92.8 Å². The number of ether oxygens (including phenoxy) is 1. The highest BCUT2D eigenvalue weighted by atomic mass is 16.5. The van der Waals surface area contributed by atoms with Crippen LogP contribution in [0.15, 0.2) is 59.4 Å². The van der Waals surface area contributed by atoms with Crippen LogP contribution in [0.25, 0.3) is 0 Å². The molecule has 28 heavy (non-hydrogen) atoms. The first-order valence-electron chi connectivity index (χ1n) is 8.57. The number of methoxy groups -OCH3 is 1. The van der Waals surface area contributed by atoms with E-state index in [0.29, 0.717) is 5.75 Å². The second kappa shape index (κ2) is 7.80. The number of nitriles is 1. The van der Waals surface area contributed by atoms with Gasteiger partial charge in [-0.2, -0.15) is 5.26 Å². The van der Waals surface area contributed by atoms with Crippen molar-refractivity contribution in [1.82, 2.24) is 4.57 Å². The van der Waals surface area contributed by atoms with Gasteiger partial charge in [-0.1, -0.05) is 42.5 Å². The first-order valence-corrected chi connectivity index (χ1v) is 8.57. The summed E-state index contributed by atoms with van der Waals surface area (Å²) in [6, 6.07) is 17.4. The molecular formula is C22H18N2O4. The summed E-state index contributed by atoms with van der Waals surface area (Å²) < 4.78 is 6.20. The molecule has 2 aromatic carbocycles. The minimum atomic E-state index is -0.636. The molecule has 0 spiro atoms. The van der Waals surface area contributed by atoms with Crippen LogP contribution < -0.4 is 10.3 Å². The summed E-state index contributed by atoms with van der Waals surface area (Å²) in [6.45, 7) is 1.53. The molecule has 0 amide bonds. The standard InChI is InChI=1S/C22H18N2O4/c1-14-18(12-23)21(26)24(13-15-7-4-3-5-8-15)22(27)19(14)20(25)16-9-6-10-17(11-16)28-2/h3-11,27H,13H2,1-2H3. The highest BCUT2D eigenvalue weighted by Gasteiger charge is 2.25. The van der Waals surface area contributed by atoms with Crippen molar-refractivity contribution in [2.75, 3.05) is 7.11 Å². The number of pyridine rings is 1. The van der Waals surface area contributed by atoms with Crippen LogP contribution in [0.5, 0.6) is 11.6 Å². The van der Waals surface area contributed by atoms with E-state index >= 15 is 0 Å². The fraction of sp³-hybridized carbons (Fsp3) is 0.136. The van der Waals surface area contributed by atoms with Gasteiger partial charge in [-0.15, -0.1) is 0 Å². The smallest absolute Gasteiger partial charge is 0.271 e. The first-order chi connectivity index (χ1) is 13.5. The van der Waals surface area contributed by atoms with Crippen LogP contribution in [0.3, 0.4) is 0 Å². The molecule has 6 nitrogen and oxygen atoms in total. The normalized spacial score (nSPS) is 10.3. The molecule has 140 valence electrons. The quantitative estimate of drug-likeness (QED) is 0.693. The van der Waals surface area contributed by atoms with Crippen molar-refractivity contribution in [3.8, 4) is 17.7 Å². The van der Waals surface area contributed by atoms with Gasteiger partial charge in [0.2, 0.25) is 5.88 Å². The van der Waals surface area contributed by atoms with E-state index in [0.717, 1.165) is 10.1 Å². The van der Waals surface area contributed by atoms with E-state index < -0.39 is 17.2 Å². The lowest BCUT2D eigenvalue weighted by atomic mass is 9.97. The number of aromatic nitrogens is 1. The summed E-state index contributed by atoms with van der Waals surface area (Å²) in [7, 11) is 1.49. The Kier molecular flexibility index (Phi) is 5.28. The fourth-order valence-electron chi connectivity index (χ4n) is 3.04. The monoisotopic (exact) mass is 374 g/mol. The van der Waals surface area contributed by atoms with Gasteiger partial charge in [-0.05, 0) is 30.2 Å². The van der Waals surface area contributed by atoms with Crippen LogP contribution in [0, 0.1) is 18.3 Å². The Balaban J connectivity index is 2.20. The summed E-state index contributed by atoms with van der Waals surface area (Å²) in [5.41, 5.74) is 0.324. The molecule has 0 radical (unpaired) electrons. The molecule has 1 N–H and O–H groups in total. The van der Waals surface area contributed by atoms with E-state index in [1.807, 2.05) is 12.1 Å². The second-order valence-corrected chi connectivity index (χ2v) is 6.25. The van der Waals surface area contributed by atoms with Crippen molar-refractivity contribution >= 4 is 5.78 Å². The number of carbonyl (C=O) groups is 1. The zero-order chi connectivity index (χ0) is 20.3. The Labute approximate surface area is 161 Å². The predicted octanol–water partition coefficient (Wildman–Crippen LogP) is 3.02. The molecule has 0 fully saturated rings. The third kappa shape index (κ3) is 3.38. The van der Waals surface area contributed by atoms with Gasteiger partial charge >= 0.3 is 0 Å². The third-order valence-corrected chi connectivity index (χ3v) is 4.54. The van der Waals surface area contributed by atoms with Gasteiger partial charge in [0.1, 0.15) is 17.4 Å². The average molecular weight is 374 g/mol. The molecule has 0 unspecified atom stereocenters. The lowest BCUT2D eigenvalue weighted by Gasteiger charge is -2.16. The van der Waals surface area contributed by atoms with Gasteiger partial charge in [0.15, 0.2) is 5.78 Å². The average Bonchev–Trinajstić information content (AvgIpc) is 2.72. The molecular weight excluding hydrogens is 356 g/mol. The van der Waals surface area contributed by atoms with Gasteiger partial charge in [-0.3, -0.25) is 14.2 Å². The number of carbonyl (C=O) groups excluding carboxylic acids is 1. The third-order valence-electron chi connectivity index (χ3n) is 4.54. The van der Waals surface area contributed by atoms with Gasteiger partial charge in [0.25, 0.3) is 5.56 Å². The molecule has 0 saturated carbocycles. The minimum absolute atomic E-state index is 0.0405. The van der Waals surface area contributed by atoms with Crippen LogP contribution >= 0.6 is 0 Å². The molecule has 1 heterocycles. The van der Waals surface area contributed by atoms with E-state index in [-0.39, 0.29) is 28.8 Å². The molecule has 0 aliphatic heterocycles. The summed E-state index contributed by atoms with van der Waals surface area (Å²) >= 11 is 0. The number of nitrogens with zero attached hydrogens (tertiary/aromatic N) is 2. The second-order valence-electron chi connectivity index (χ2n) is 6.25. The summed E-state index contributed by atoms with van der Waals surface area (Å²) in [6.07, 6.45) is 0. The lowest BCUT2D eigenvalue weighted by Crippen LogP contribution is -2.27. The molecule has 0 bridgehead atoms. The molecule has 3 aromatic rings. The van der Waals surface area contributed by atoms with Crippen molar-refractivity contribution in [2.45, 2.75) is 13.5 Å². The maximum Gasteiger partial charge on any atom is 0.271 e. The number of ketones is 1. The van der Waals surface area contributed by atoms with Crippen LogP contribution in [-0.2, 0) is 6.54 Å². The largest absolute Gasteiger partial charge is 0.497 e. The maximum atomic E-state index is 13.1. The predicted molar refractivity (Wildman–Crippen MR) is 104 cm³/mol. The van der Waals surface area contributed by atoms with E-state index in [4.69, 9.17) is 4.74 Å². The zero-order valence-corrected chi connectivity index (χ0v) is 15.5. The van der Waals surface area contributed by atoms with Crippen molar-refractivity contribution in [3.63, 3.8) is 0 Å². The minimum Gasteiger partial charge on any atom is -0.497 e. The van der Waals surface area contributed by atoms with Crippen molar-refractivity contribution in [2.24, 2.45) is 0 Å². The van der Waals surface area contributed by atoms with E-state index in [1.165, 1.54) is 14.0 Å². The molecule has 0 saturated heterocycles. The zero-order valence-electron chi connectivity index (χ0n) is 15.5. The Morgan fingerprint density at radius 2 is 1.89 bits per heavy atom. The van der Waals surface area contributed by atoms with Crippen LogP contribution in [0.2, 0.25) is 0 Å². The summed E-state index contributed by atoms with van der Waals surface area (Å²) in [5, 5.41) is 20.3. The highest BCUT2D eigenvalue weighted by Crippen LogP contribution is 2.26. The fourth-order valence-corrected chi connectivity index (χ4v) is 3.04. The van der Waals surface area contributed by atoms with E-state index in [9.17, 15) is 20.0 Å². The Hall–Kier alpha value is -3.85. The number of benzene rings is 2. The molecule has 0 atom stereocenters. The Bertz CT molecular complexity index is 1140. The van der Waals surface area contributed by atoms with Gasteiger partial charge in [-0.25, -0.2) is 0 Å². The SMILES string of the molecule is COc1cccc(C(=O)c2c(C)c(C#N)c(=O)n(Cc3ccccc3)c2O)c1. The Morgan fingerprint density at radius 1 is 1.18 bits per heavy atom. The first kappa shape index (κ1) is 18.9. The molecule has 0 aliphatic rings. The maximum absolute atomic E-state index is 13.1. The number of hydrogen-bond donors (Lipinski definition) is 1. The van der Waals surface area contributed by atoms with E-state index in [2.05, 4.69) is 0 Å². The number of aromatic hydroxyl groups is 1. The van der Waals surface area contributed by atoms with Crippen molar-refractivity contribution in [1.29, 1.82) is 5.26 Å². The number of rotatable bonds is 5. The molecule has 6 heteroatoms. The topological polar surface area (TPSA) is 92.3 Å². The van der Waals surface area contributed by atoms with Gasteiger partial charge < -0.3 is 9.84 Å². The van der Waals surface area contributed by atoms with Crippen LogP contribution in [0.1, 0.15) is 32.6 Å². The highest BCUT2D eigenvalue weighted by molar-refractivity contribution is 6.11. The Morgan fingerprint density at radius 3 is 2.54 bits per heavy atom. The van der Waals surface area contributed by atoms with Gasteiger partial charge in [0, 0.05) is 5.56 Å². The van der Waals surface area contributed by atoms with Crippen LogP contribution in [-0.4, -0.2) is 22.6 Å². The summed E-state index contributed by atoms with van der Waals surface area (Å²) in [5.74, 6) is -0.466. The molecule has 3 rings (SSSR count). The summed E-state index contributed by atoms with van der Waals surface area (Å²) in [4.78, 5) is 25.8. The lowest BCUT2D eigenvalue weighted by molar-refractivity contribution is 0.103. The molecule has 1 aromatic heterocycles. The number of hydrogen-bond acceptors (Lipinski definition) is 5. The van der Waals surface area contributed by atoms with Gasteiger partial charge in [0.05, 0.1) is 19.2 Å².